The van der Waals surface area contributed by atoms with Crippen molar-refractivity contribution in [2.24, 2.45) is 0 Å². The number of carbonyl (C=O) groups is 1. The van der Waals surface area contributed by atoms with Gasteiger partial charge in [0.05, 0.1) is 18.7 Å². The Labute approximate surface area is 139 Å². The Morgan fingerprint density at radius 1 is 1.12 bits per heavy atom. The minimum absolute atomic E-state index is 0.217. The monoisotopic (exact) mass is 334 g/mol. The van der Waals surface area contributed by atoms with Crippen molar-refractivity contribution in [1.29, 1.82) is 0 Å². The van der Waals surface area contributed by atoms with E-state index < -0.39 is 23.7 Å². The Balaban J connectivity index is 2.02. The zero-order valence-electron chi connectivity index (χ0n) is 13.6. The molecular weight excluding hydrogens is 314 g/mol. The Morgan fingerprint density at radius 3 is 2.46 bits per heavy atom. The third kappa shape index (κ3) is 4.76. The molecule has 0 radical (unpaired) electrons. The molecule has 0 aliphatic carbocycles. The third-order valence-corrected chi connectivity index (χ3v) is 3.62. The summed E-state index contributed by atoms with van der Waals surface area (Å²) in [6.07, 6.45) is 0. The van der Waals surface area contributed by atoms with Crippen molar-refractivity contribution in [3.8, 4) is 0 Å². The second kappa shape index (κ2) is 8.40. The van der Waals surface area contributed by atoms with Crippen LogP contribution in [0, 0.1) is 11.6 Å². The van der Waals surface area contributed by atoms with Crippen LogP contribution in [0.15, 0.2) is 48.5 Å². The first kappa shape index (κ1) is 17.9. The molecule has 0 saturated heterocycles. The molecule has 2 aromatic rings. The lowest BCUT2D eigenvalue weighted by Gasteiger charge is -2.21. The van der Waals surface area contributed by atoms with E-state index in [1.54, 1.807) is 14.0 Å². The van der Waals surface area contributed by atoms with Crippen LogP contribution in [0.5, 0.6) is 0 Å². The average molecular weight is 334 g/mol. The van der Waals surface area contributed by atoms with E-state index in [-0.39, 0.29) is 11.6 Å². The third-order valence-electron chi connectivity index (χ3n) is 3.62. The Morgan fingerprint density at radius 2 is 1.83 bits per heavy atom. The van der Waals surface area contributed by atoms with Crippen molar-refractivity contribution in [1.82, 2.24) is 10.6 Å². The fraction of sp³-hybridized carbons (Fsp3) is 0.278. The summed E-state index contributed by atoms with van der Waals surface area (Å²) in [4.78, 5) is 12.2. The van der Waals surface area contributed by atoms with Gasteiger partial charge < -0.3 is 15.4 Å². The van der Waals surface area contributed by atoms with E-state index in [9.17, 15) is 13.6 Å². The molecule has 4 nitrogen and oxygen atoms in total. The van der Waals surface area contributed by atoms with Crippen molar-refractivity contribution >= 4 is 6.03 Å². The molecule has 0 aliphatic heterocycles. The summed E-state index contributed by atoms with van der Waals surface area (Å²) in [6.45, 7) is 1.93. The number of benzene rings is 2. The maximum Gasteiger partial charge on any atom is 0.315 e. The Bertz CT molecular complexity index is 680. The largest absolute Gasteiger partial charge is 0.382 e. The molecule has 2 unspecified atom stereocenters. The number of methoxy groups -OCH3 is 1. The van der Waals surface area contributed by atoms with E-state index in [2.05, 4.69) is 10.6 Å². The standard InChI is InChI=1S/C18H20F2N2O2/c1-12(15-9-8-14(19)10-16(15)20)21-18(23)22-17(11-24-2)13-6-4-3-5-7-13/h3-10,12,17H,11H2,1-2H3,(H2,21,22,23). The molecule has 2 atom stereocenters. The summed E-state index contributed by atoms with van der Waals surface area (Å²) in [5, 5.41) is 5.44. The summed E-state index contributed by atoms with van der Waals surface area (Å²) in [6, 6.07) is 11.3. The number of hydrogen-bond donors (Lipinski definition) is 2. The second-order valence-electron chi connectivity index (χ2n) is 5.42. The molecule has 2 aromatic carbocycles. The van der Waals surface area contributed by atoms with Crippen LogP contribution in [0.3, 0.4) is 0 Å². The quantitative estimate of drug-likeness (QED) is 0.846. The van der Waals surface area contributed by atoms with Gasteiger partial charge in [0.2, 0.25) is 0 Å². The minimum Gasteiger partial charge on any atom is -0.382 e. The number of rotatable bonds is 6. The predicted molar refractivity (Wildman–Crippen MR) is 87.5 cm³/mol. The Hall–Kier alpha value is -2.47. The molecule has 2 N–H and O–H groups in total. The second-order valence-corrected chi connectivity index (χ2v) is 5.42. The summed E-state index contributed by atoms with van der Waals surface area (Å²) < 4.78 is 31.9. The van der Waals surface area contributed by atoms with Gasteiger partial charge in [-0.25, -0.2) is 13.6 Å². The highest BCUT2D eigenvalue weighted by Gasteiger charge is 2.18. The van der Waals surface area contributed by atoms with E-state index >= 15 is 0 Å². The highest BCUT2D eigenvalue weighted by atomic mass is 19.1. The summed E-state index contributed by atoms with van der Waals surface area (Å²) in [7, 11) is 1.55. The van der Waals surface area contributed by atoms with Gasteiger partial charge in [0.15, 0.2) is 0 Å². The van der Waals surface area contributed by atoms with Gasteiger partial charge in [0.25, 0.3) is 0 Å². The lowest BCUT2D eigenvalue weighted by molar-refractivity contribution is 0.165. The molecule has 2 amide bonds. The maximum atomic E-state index is 13.8. The first-order valence-corrected chi connectivity index (χ1v) is 7.57. The fourth-order valence-corrected chi connectivity index (χ4v) is 2.40. The molecule has 0 fully saturated rings. The van der Waals surface area contributed by atoms with Gasteiger partial charge in [0, 0.05) is 18.7 Å². The van der Waals surface area contributed by atoms with Crippen molar-refractivity contribution in [3.63, 3.8) is 0 Å². The van der Waals surface area contributed by atoms with Crippen molar-refractivity contribution in [2.45, 2.75) is 19.0 Å². The van der Waals surface area contributed by atoms with E-state index in [0.717, 1.165) is 17.7 Å². The number of nitrogens with one attached hydrogen (secondary N) is 2. The van der Waals surface area contributed by atoms with Crippen LogP contribution in [0.25, 0.3) is 0 Å². The summed E-state index contributed by atoms with van der Waals surface area (Å²) in [5.74, 6) is -1.35. The van der Waals surface area contributed by atoms with E-state index in [1.807, 2.05) is 30.3 Å². The van der Waals surface area contributed by atoms with Gasteiger partial charge in [-0.15, -0.1) is 0 Å². The Kier molecular flexibility index (Phi) is 6.26. The smallest absolute Gasteiger partial charge is 0.315 e. The average Bonchev–Trinajstić information content (AvgIpc) is 2.55. The van der Waals surface area contributed by atoms with Gasteiger partial charge in [0.1, 0.15) is 11.6 Å². The molecular formula is C18H20F2N2O2. The van der Waals surface area contributed by atoms with Crippen molar-refractivity contribution < 1.29 is 18.3 Å². The van der Waals surface area contributed by atoms with E-state index in [0.29, 0.717) is 6.61 Å². The molecule has 128 valence electrons. The number of halogens is 2. The molecule has 24 heavy (non-hydrogen) atoms. The number of hydrogen-bond acceptors (Lipinski definition) is 2. The SMILES string of the molecule is COCC(NC(=O)NC(C)c1ccc(F)cc1F)c1ccccc1. The fourth-order valence-electron chi connectivity index (χ4n) is 2.40. The van der Waals surface area contributed by atoms with Crippen LogP contribution in [0.1, 0.15) is 30.1 Å². The molecule has 0 spiro atoms. The zero-order chi connectivity index (χ0) is 17.5. The zero-order valence-corrected chi connectivity index (χ0v) is 13.6. The van der Waals surface area contributed by atoms with Crippen molar-refractivity contribution in [3.05, 3.63) is 71.3 Å². The molecule has 0 saturated carbocycles. The van der Waals surface area contributed by atoms with Crippen LogP contribution < -0.4 is 10.6 Å². The number of carbonyl (C=O) groups excluding carboxylic acids is 1. The van der Waals surface area contributed by atoms with Gasteiger partial charge in [-0.3, -0.25) is 0 Å². The topological polar surface area (TPSA) is 50.4 Å². The highest BCUT2D eigenvalue weighted by molar-refractivity contribution is 5.75. The molecule has 2 rings (SSSR count). The first-order valence-electron chi connectivity index (χ1n) is 7.57. The normalized spacial score (nSPS) is 13.2. The van der Waals surface area contributed by atoms with E-state index in [4.69, 9.17) is 4.74 Å². The van der Waals surface area contributed by atoms with Crippen LogP contribution in [-0.4, -0.2) is 19.7 Å². The predicted octanol–water partition coefficient (Wildman–Crippen LogP) is 3.71. The van der Waals surface area contributed by atoms with Gasteiger partial charge in [-0.1, -0.05) is 36.4 Å². The van der Waals surface area contributed by atoms with Gasteiger partial charge in [-0.2, -0.15) is 0 Å². The molecule has 0 bridgehead atoms. The molecule has 0 aromatic heterocycles. The number of amides is 2. The van der Waals surface area contributed by atoms with Gasteiger partial charge in [-0.05, 0) is 18.6 Å². The minimum atomic E-state index is -0.695. The van der Waals surface area contributed by atoms with Crippen molar-refractivity contribution in [2.75, 3.05) is 13.7 Å². The lowest BCUT2D eigenvalue weighted by atomic mass is 10.1. The van der Waals surface area contributed by atoms with E-state index in [1.165, 1.54) is 6.07 Å². The summed E-state index contributed by atoms with van der Waals surface area (Å²) >= 11 is 0. The highest BCUT2D eigenvalue weighted by Crippen LogP contribution is 2.18. The number of ether oxygens (including phenoxy) is 1. The molecule has 6 heteroatoms. The molecule has 0 aliphatic rings. The van der Waals surface area contributed by atoms with Crippen LogP contribution in [0.4, 0.5) is 13.6 Å². The van der Waals surface area contributed by atoms with Crippen LogP contribution in [-0.2, 0) is 4.74 Å². The maximum absolute atomic E-state index is 13.8. The van der Waals surface area contributed by atoms with Gasteiger partial charge >= 0.3 is 6.03 Å². The first-order chi connectivity index (χ1) is 11.5. The number of urea groups is 1. The van der Waals surface area contributed by atoms with Crippen LogP contribution in [0.2, 0.25) is 0 Å². The molecule has 0 heterocycles. The van der Waals surface area contributed by atoms with Crippen LogP contribution >= 0.6 is 0 Å². The lowest BCUT2D eigenvalue weighted by Crippen LogP contribution is -2.40. The summed E-state index contributed by atoms with van der Waals surface area (Å²) in [5.41, 5.74) is 1.12.